The smallest absolute Gasteiger partial charge is 0.320 e. The molecular formula is C37H29N11O14S4. The number of primary amides is 1. The van der Waals surface area contributed by atoms with Crippen LogP contribution in [-0.2, 0) is 40.5 Å². The largest absolute Gasteiger partial charge is 0.479 e. The Bertz CT molecular complexity index is 3710. The van der Waals surface area contributed by atoms with Crippen LogP contribution in [0.1, 0.15) is 5.56 Å². The number of benzene rings is 6. The Kier molecular flexibility index (Phi) is 12.2. The Morgan fingerprint density at radius 2 is 0.970 bits per heavy atom. The van der Waals surface area contributed by atoms with Gasteiger partial charge in [-0.2, -0.15) is 64.0 Å². The third-order valence-electron chi connectivity index (χ3n) is 9.05. The van der Waals surface area contributed by atoms with E-state index >= 15 is 0 Å². The number of nitrogens with one attached hydrogen (secondary N) is 3. The molecule has 7 aromatic rings. The second-order valence-electron chi connectivity index (χ2n) is 13.6. The summed E-state index contributed by atoms with van der Waals surface area (Å²) in [7, 11) is -19.5. The van der Waals surface area contributed by atoms with E-state index in [0.717, 1.165) is 36.4 Å². The lowest BCUT2D eigenvalue weighted by atomic mass is 10.1. The van der Waals surface area contributed by atoms with Gasteiger partial charge in [0.15, 0.2) is 0 Å². The van der Waals surface area contributed by atoms with Gasteiger partial charge in [-0.05, 0) is 85.3 Å². The maximum Gasteiger partial charge on any atom is 0.320 e. The van der Waals surface area contributed by atoms with Crippen LogP contribution in [0, 0.1) is 6.92 Å². The lowest BCUT2D eigenvalue weighted by Gasteiger charge is -2.12. The van der Waals surface area contributed by atoms with Crippen molar-refractivity contribution in [2.24, 2.45) is 26.2 Å². The van der Waals surface area contributed by atoms with Gasteiger partial charge in [0.05, 0.1) is 22.7 Å². The number of urea groups is 1. The van der Waals surface area contributed by atoms with E-state index in [2.05, 4.69) is 51.4 Å². The van der Waals surface area contributed by atoms with E-state index in [1.807, 2.05) is 0 Å². The van der Waals surface area contributed by atoms with Gasteiger partial charge in [-0.1, -0.05) is 24.3 Å². The van der Waals surface area contributed by atoms with Crippen LogP contribution in [0.15, 0.2) is 137 Å². The molecule has 0 saturated carbocycles. The van der Waals surface area contributed by atoms with Gasteiger partial charge in [0.25, 0.3) is 40.5 Å². The number of nitrogens with two attached hydrogens (primary N) is 1. The van der Waals surface area contributed by atoms with Crippen LogP contribution in [0.4, 0.5) is 56.5 Å². The summed E-state index contributed by atoms with van der Waals surface area (Å²) in [6, 6.07) is 17.8. The Morgan fingerprint density at radius 1 is 0.530 bits per heavy atom. The van der Waals surface area contributed by atoms with E-state index in [0.29, 0.717) is 11.3 Å². The number of carbonyl (C=O) groups excluding carboxylic acids is 1. The molecule has 340 valence electrons. The highest BCUT2D eigenvalue weighted by Gasteiger charge is 2.23. The average Bonchev–Trinajstić information content (AvgIpc) is 3.20. The number of anilines is 5. The predicted molar refractivity (Wildman–Crippen MR) is 234 cm³/mol. The number of nitrogens with zero attached hydrogens (tertiary/aromatic N) is 7. The van der Waals surface area contributed by atoms with E-state index in [1.165, 1.54) is 54.6 Å². The van der Waals surface area contributed by atoms with Crippen molar-refractivity contribution >= 4 is 120 Å². The summed E-state index contributed by atoms with van der Waals surface area (Å²) in [6.45, 7) is 1.64. The predicted octanol–water partition coefficient (Wildman–Crippen LogP) is 6.99. The number of aromatic nitrogens is 3. The number of aromatic hydroxyl groups is 1. The molecule has 0 bridgehead atoms. The summed E-state index contributed by atoms with van der Waals surface area (Å²) in [5, 5.41) is 33.5. The zero-order chi connectivity index (χ0) is 47.9. The van der Waals surface area contributed by atoms with Gasteiger partial charge in [0, 0.05) is 32.9 Å². The molecule has 0 aliphatic heterocycles. The molecule has 0 aliphatic carbocycles. The minimum atomic E-state index is -4.95. The molecule has 0 spiro atoms. The van der Waals surface area contributed by atoms with Crippen LogP contribution in [0.25, 0.3) is 21.5 Å². The third kappa shape index (κ3) is 10.5. The highest BCUT2D eigenvalue weighted by Crippen LogP contribution is 2.37. The zero-order valence-electron chi connectivity index (χ0n) is 33.0. The van der Waals surface area contributed by atoms with Gasteiger partial charge >= 0.3 is 12.0 Å². The monoisotopic (exact) mass is 979 g/mol. The van der Waals surface area contributed by atoms with E-state index in [1.54, 1.807) is 13.0 Å². The number of azo groups is 2. The van der Waals surface area contributed by atoms with Crippen LogP contribution in [0.3, 0.4) is 0 Å². The molecule has 25 nitrogen and oxygen atoms in total. The highest BCUT2D eigenvalue weighted by molar-refractivity contribution is 7.87. The van der Waals surface area contributed by atoms with Crippen LogP contribution in [0.2, 0.25) is 0 Å². The standard InChI is InChI=1S/C37H29N11O14S4/c1-18-12-19(8-10-27(18)47-45-21-13-25-23(32(16-21)65(57,58)59)4-2-6-30(25)63(51,52)53)39-35-42-36(44-37(50)43-35)40-20-9-11-28(29(15-20)41-34(38)49)48-46-22-14-26-24(33(17-22)66(60,61)62)5-3-7-31(26)64(54,55)56/h2-17H,1H3,(H3,38,41,49)(H,51,52,53)(H,54,55,56)(H,57,58,59)(H,60,61,62)(H3,39,40,42,43,44,50). The first kappa shape index (κ1) is 46.4. The van der Waals surface area contributed by atoms with E-state index < -0.39 is 72.1 Å². The topological polar surface area (TPSA) is 405 Å². The molecular weight excluding hydrogens is 951 g/mol. The van der Waals surface area contributed by atoms with Crippen molar-refractivity contribution in [1.82, 2.24) is 15.0 Å². The fourth-order valence-corrected chi connectivity index (χ4v) is 9.19. The number of amides is 2. The van der Waals surface area contributed by atoms with Crippen LogP contribution in [0.5, 0.6) is 6.01 Å². The number of rotatable bonds is 13. The molecule has 1 aromatic heterocycles. The van der Waals surface area contributed by atoms with Gasteiger partial charge in [-0.25, -0.2) is 4.79 Å². The molecule has 6 aromatic carbocycles. The van der Waals surface area contributed by atoms with Crippen molar-refractivity contribution in [2.45, 2.75) is 26.5 Å². The molecule has 0 saturated heterocycles. The van der Waals surface area contributed by atoms with Crippen LogP contribution in [-0.4, -0.2) is 78.0 Å². The summed E-state index contributed by atoms with van der Waals surface area (Å²) in [5.74, 6) is -0.382. The van der Waals surface area contributed by atoms with Crippen molar-refractivity contribution in [3.8, 4) is 6.01 Å². The minimum absolute atomic E-state index is 0.0680. The van der Waals surface area contributed by atoms with E-state index in [4.69, 9.17) is 5.73 Å². The molecule has 0 atom stereocenters. The number of fused-ring (bicyclic) bond motifs is 2. The summed E-state index contributed by atoms with van der Waals surface area (Å²) in [4.78, 5) is 21.2. The Morgan fingerprint density at radius 3 is 1.41 bits per heavy atom. The van der Waals surface area contributed by atoms with E-state index in [-0.39, 0.29) is 67.6 Å². The molecule has 0 unspecified atom stereocenters. The first-order chi connectivity index (χ1) is 30.8. The lowest BCUT2D eigenvalue weighted by Crippen LogP contribution is -2.19. The molecule has 0 fully saturated rings. The summed E-state index contributed by atoms with van der Waals surface area (Å²) in [5.41, 5.74) is 6.06. The summed E-state index contributed by atoms with van der Waals surface area (Å²) in [6.07, 6.45) is 0. The second kappa shape index (κ2) is 17.4. The molecule has 2 amide bonds. The maximum absolute atomic E-state index is 12.2. The number of carbonyl (C=O) groups is 1. The summed E-state index contributed by atoms with van der Waals surface area (Å²) >= 11 is 0. The number of hydrogen-bond acceptors (Lipinski definition) is 19. The van der Waals surface area contributed by atoms with Gasteiger partial charge < -0.3 is 26.8 Å². The first-order valence-electron chi connectivity index (χ1n) is 18.0. The Balaban J connectivity index is 1.13. The van der Waals surface area contributed by atoms with Crippen molar-refractivity contribution in [3.63, 3.8) is 0 Å². The fraction of sp³-hybridized carbons (Fsp3) is 0.0270. The Labute approximate surface area is 372 Å². The molecule has 1 heterocycles. The van der Waals surface area contributed by atoms with Crippen molar-refractivity contribution in [3.05, 3.63) is 103 Å². The molecule has 7 rings (SSSR count). The number of aryl methyl sites for hydroxylation is 1. The normalized spacial score (nSPS) is 12.6. The van der Waals surface area contributed by atoms with Crippen LogP contribution < -0.4 is 21.7 Å². The quantitative estimate of drug-likeness (QED) is 0.0415. The number of hydrogen-bond donors (Lipinski definition) is 9. The molecule has 66 heavy (non-hydrogen) atoms. The van der Waals surface area contributed by atoms with Gasteiger partial charge in [0.1, 0.15) is 25.3 Å². The first-order valence-corrected chi connectivity index (χ1v) is 23.8. The molecule has 0 radical (unpaired) electrons. The van der Waals surface area contributed by atoms with E-state index in [9.17, 15) is 61.8 Å². The van der Waals surface area contributed by atoms with Gasteiger partial charge in [0.2, 0.25) is 11.9 Å². The molecule has 0 aliphatic rings. The second-order valence-corrected chi connectivity index (χ2v) is 19.2. The SMILES string of the molecule is Cc1cc(Nc2nc(O)nc(Nc3ccc(N=Nc4cc(S(=O)(=O)O)c5cccc(S(=O)(=O)O)c5c4)c(NC(N)=O)c3)n2)ccc1N=Nc1cc(S(=O)(=O)O)c2cccc(S(=O)(=O)O)c2c1. The van der Waals surface area contributed by atoms with Gasteiger partial charge in [-0.15, -0.1) is 5.11 Å². The minimum Gasteiger partial charge on any atom is -0.479 e. The molecule has 10 N–H and O–H groups in total. The van der Waals surface area contributed by atoms with Crippen molar-refractivity contribution < 1.29 is 61.8 Å². The fourth-order valence-electron chi connectivity index (χ4n) is 6.35. The lowest BCUT2D eigenvalue weighted by molar-refractivity contribution is 0.259. The third-order valence-corrected chi connectivity index (χ3v) is 12.7. The summed E-state index contributed by atoms with van der Waals surface area (Å²) < 4.78 is 136. The Hall–Kier alpha value is -7.64. The molecule has 29 heteroatoms. The highest BCUT2D eigenvalue weighted by atomic mass is 32.2. The average molecular weight is 980 g/mol. The van der Waals surface area contributed by atoms with Crippen molar-refractivity contribution in [1.29, 1.82) is 0 Å². The maximum atomic E-state index is 12.2. The van der Waals surface area contributed by atoms with Crippen LogP contribution >= 0.6 is 0 Å². The zero-order valence-corrected chi connectivity index (χ0v) is 36.3. The van der Waals surface area contributed by atoms with Gasteiger partial charge in [-0.3, -0.25) is 18.2 Å². The van der Waals surface area contributed by atoms with Crippen molar-refractivity contribution in [2.75, 3.05) is 16.0 Å².